The van der Waals surface area contributed by atoms with Gasteiger partial charge in [0.2, 0.25) is 6.79 Å². The Kier molecular flexibility index (Phi) is 27.0. The number of halogens is 3. The van der Waals surface area contributed by atoms with E-state index in [0.29, 0.717) is 83.5 Å². The number of phenols is 3. The molecular formula is C107H73BrClFN6O22S4. The Hall–Kier alpha value is -16.4. The molecule has 10 heterocycles. The summed E-state index contributed by atoms with van der Waals surface area (Å²) in [5.41, 5.74) is 0.420. The first-order chi connectivity index (χ1) is 68.7. The predicted octanol–water partition coefficient (Wildman–Crippen LogP) is 21.0. The second kappa shape index (κ2) is 40.6. The number of aryl methyl sites for hydroxylation is 1. The first-order valence-corrected chi connectivity index (χ1v) is 47.8. The van der Waals surface area contributed by atoms with Crippen LogP contribution in [0.5, 0.6) is 57.5 Å². The number of nitrogens with zero attached hydrogens (tertiary/aromatic N) is 6. The van der Waals surface area contributed by atoms with Crippen molar-refractivity contribution >= 4 is 162 Å². The maximum absolute atomic E-state index is 13.9. The van der Waals surface area contributed by atoms with Gasteiger partial charge in [0.15, 0.2) is 68.3 Å². The highest BCUT2D eigenvalue weighted by Gasteiger charge is 2.31. The van der Waals surface area contributed by atoms with E-state index in [1.54, 1.807) is 94.5 Å². The Morgan fingerprint density at radius 2 is 0.810 bits per heavy atom. The van der Waals surface area contributed by atoms with Crippen molar-refractivity contribution < 1.29 is 72.0 Å². The molecule has 0 radical (unpaired) electrons. The Morgan fingerprint density at radius 3 is 1.30 bits per heavy atom. The van der Waals surface area contributed by atoms with E-state index in [9.17, 15) is 78.5 Å². The molecule has 7 N–H and O–H groups in total. The highest BCUT2D eigenvalue weighted by molar-refractivity contribution is 9.10. The molecule has 9 aromatic heterocycles. The molecule has 12 aromatic carbocycles. The average Bonchev–Trinajstić information content (AvgIpc) is 1.34. The van der Waals surface area contributed by atoms with Crippen LogP contribution < -0.4 is 59.0 Å². The lowest BCUT2D eigenvalue weighted by Crippen LogP contribution is -2.23. The molecule has 0 spiro atoms. The number of imidazole rings is 1. The fourth-order valence-electron chi connectivity index (χ4n) is 16.2. The Labute approximate surface area is 829 Å². The number of hydrogen-bond donors (Lipinski definition) is 7. The van der Waals surface area contributed by atoms with E-state index in [4.69, 9.17) is 43.5 Å². The summed E-state index contributed by atoms with van der Waals surface area (Å²) in [6.07, 6.45) is 5.27. The zero-order valence-electron chi connectivity index (χ0n) is 73.9. The molecule has 0 unspecified atom stereocenters. The van der Waals surface area contributed by atoms with Crippen molar-refractivity contribution in [3.05, 3.63) is 424 Å². The second-order valence-electron chi connectivity index (χ2n) is 32.3. The van der Waals surface area contributed by atoms with Crippen molar-refractivity contribution in [1.29, 1.82) is 0 Å². The van der Waals surface area contributed by atoms with Gasteiger partial charge in [0.25, 0.3) is 22.2 Å². The van der Waals surface area contributed by atoms with E-state index < -0.39 is 79.3 Å². The number of ether oxygens (including phenoxy) is 3. The Bertz CT molecular complexity index is 9100. The largest absolute Gasteiger partial charge is 0.508 e. The Morgan fingerprint density at radius 1 is 0.401 bits per heavy atom. The topological polar surface area (TPSA) is 396 Å². The van der Waals surface area contributed by atoms with Crippen molar-refractivity contribution in [2.24, 2.45) is 0 Å². The maximum atomic E-state index is 13.9. The third kappa shape index (κ3) is 19.4. The molecule has 21 aromatic rings. The van der Waals surface area contributed by atoms with Gasteiger partial charge in [-0.05, 0) is 148 Å². The lowest BCUT2D eigenvalue weighted by Gasteiger charge is -2.15. The summed E-state index contributed by atoms with van der Waals surface area (Å²) in [6, 6.07) is 79.8. The van der Waals surface area contributed by atoms with Crippen LogP contribution in [0.25, 0.3) is 87.5 Å². The van der Waals surface area contributed by atoms with E-state index in [-0.39, 0.29) is 119 Å². The molecule has 142 heavy (non-hydrogen) atoms. The van der Waals surface area contributed by atoms with Gasteiger partial charge >= 0.3 is 22.5 Å². The molecule has 0 atom stereocenters. The normalized spacial score (nSPS) is 11.6. The number of phenolic OH excluding ortho intramolecular Hbond substituents is 3. The summed E-state index contributed by atoms with van der Waals surface area (Å²) < 4.78 is 61.3. The van der Waals surface area contributed by atoms with E-state index in [1.165, 1.54) is 45.5 Å². The standard InChI is InChI=1S/C30H23N3O5S.C27H19NO6S.C25H16BrNO5S.C25H15ClFNO6S/c34-26-25-27(38-30(36)28(26)39-22-9-5-2-6-10-22)23-12-11-21(37-16-15-32-14-13-31-19-32)17-24(23)33(29(25)35)18-20-7-3-1-4-8-20;1-15-7-9-17(10-8-15)35-25-23(29)22-24(34-27(25)31)18-11-20-21(33-14-32-20)12-19(18)28(26(22)30)13-16-5-3-2-4-6-16;26-17-8-4-5-9-19(17)33-23-21(29)20-22(32-25(23)31)16-11-10-15(28)12-18(16)27(24(20)30)13-14-6-2-1-3-7-14;26-13-2-1-3-15(8-13)35-23-21(31)20-22(34-25(23)33)16-9-18(29)19(30)10-17(16)28(24(20)32)11-12-4-6-14(27)7-5-12/h1-14,17,19,34H,15-16,18H2;2-12,29H,13-14H2,1H3;1-12,28-29H,13H2;1-10,29-31H,11H2. The average molecular weight is 2060 g/mol. The van der Waals surface area contributed by atoms with Gasteiger partial charge in [-0.1, -0.05) is 216 Å². The molecule has 0 bridgehead atoms. The SMILES string of the molecule is Cc1ccc(Sc2c(O)c3c(=O)n(Cc4ccccc4)c4cc5c(cc4c3oc2=O)OCO5)cc1.O=c1oc2c(c(O)c1Sc1cccc(Cl)c1)c(=O)n(Cc1ccc(F)cc1)c1cc(O)c(O)cc21.O=c1oc2c(c(O)c1Sc1ccccc1)c(=O)n(Cc1ccccc1)c1cc(OCCn3ccnc3)ccc21.O=c1oc2c(c(O)c1Sc1ccccc1Br)c(=O)n(Cc1ccccc1)c1cc(O)ccc21. The monoisotopic (exact) mass is 2050 g/mol. The number of hydrogen-bond acceptors (Lipinski definition) is 27. The van der Waals surface area contributed by atoms with Crippen molar-refractivity contribution in [1.82, 2.24) is 27.8 Å². The van der Waals surface area contributed by atoms with Crippen LogP contribution in [0.15, 0.2) is 397 Å². The van der Waals surface area contributed by atoms with E-state index in [0.717, 1.165) is 95.7 Å². The van der Waals surface area contributed by atoms with E-state index >= 15 is 0 Å². The van der Waals surface area contributed by atoms with Crippen molar-refractivity contribution in [2.45, 2.75) is 78.8 Å². The minimum Gasteiger partial charge on any atom is -0.508 e. The van der Waals surface area contributed by atoms with Gasteiger partial charge in [-0.15, -0.1) is 0 Å². The van der Waals surface area contributed by atoms with Crippen molar-refractivity contribution in [2.75, 3.05) is 13.4 Å². The minimum absolute atomic E-state index is 0.0155. The van der Waals surface area contributed by atoms with Crippen LogP contribution in [0.4, 0.5) is 4.39 Å². The van der Waals surface area contributed by atoms with Crippen LogP contribution in [-0.4, -0.2) is 77.0 Å². The molecule has 1 aliphatic heterocycles. The number of aromatic hydroxyl groups is 7. The molecule has 35 heteroatoms. The molecule has 0 saturated heterocycles. The van der Waals surface area contributed by atoms with Crippen LogP contribution in [0.1, 0.15) is 27.8 Å². The van der Waals surface area contributed by atoms with Gasteiger partial charge in [-0.25, -0.2) is 28.6 Å². The Balaban J connectivity index is 0.000000120. The molecule has 0 fully saturated rings. The zero-order valence-corrected chi connectivity index (χ0v) is 79.6. The third-order valence-electron chi connectivity index (χ3n) is 23.0. The molecule has 0 aliphatic carbocycles. The molecule has 0 saturated carbocycles. The smallest absolute Gasteiger partial charge is 0.354 e. The number of aromatic nitrogens is 6. The summed E-state index contributed by atoms with van der Waals surface area (Å²) >= 11 is 13.5. The van der Waals surface area contributed by atoms with Gasteiger partial charge in [-0.3, -0.25) is 19.2 Å². The van der Waals surface area contributed by atoms with E-state index in [2.05, 4.69) is 20.9 Å². The highest BCUT2D eigenvalue weighted by Crippen LogP contribution is 2.46. The van der Waals surface area contributed by atoms with Gasteiger partial charge in [0.1, 0.15) is 65.0 Å². The lowest BCUT2D eigenvalue weighted by atomic mass is 10.1. The maximum Gasteiger partial charge on any atom is 0.354 e. The summed E-state index contributed by atoms with van der Waals surface area (Å²) in [7, 11) is 0. The molecule has 28 nitrogen and oxygen atoms in total. The molecule has 708 valence electrons. The fraction of sp³-hybridized carbons (Fsp3) is 0.0748. The summed E-state index contributed by atoms with van der Waals surface area (Å²) in [6.45, 7) is 3.69. The van der Waals surface area contributed by atoms with Crippen LogP contribution in [0.3, 0.4) is 0 Å². The summed E-state index contributed by atoms with van der Waals surface area (Å²) in [5, 5.41) is 76.4. The van der Waals surface area contributed by atoms with Gasteiger partial charge < -0.3 is 90.5 Å². The molecule has 0 amide bonds. The van der Waals surface area contributed by atoms with Crippen molar-refractivity contribution in [3.63, 3.8) is 0 Å². The number of pyridine rings is 4. The molecule has 1 aliphatic rings. The third-order valence-corrected chi connectivity index (χ3v) is 28.5. The van der Waals surface area contributed by atoms with Crippen molar-refractivity contribution in [3.8, 4) is 57.5 Å². The first kappa shape index (κ1) is 94.6. The highest BCUT2D eigenvalue weighted by atomic mass is 79.9. The number of benzene rings is 12. The molecule has 22 rings (SSSR count). The summed E-state index contributed by atoms with van der Waals surface area (Å²) in [5.74, 6) is -1.75. The first-order valence-electron chi connectivity index (χ1n) is 43.4. The second-order valence-corrected chi connectivity index (χ2v) is 37.9. The summed E-state index contributed by atoms with van der Waals surface area (Å²) in [4.78, 5) is 113. The van der Waals surface area contributed by atoms with E-state index in [1.807, 2.05) is 175 Å². The number of rotatable bonds is 20. The van der Waals surface area contributed by atoms with Crippen LogP contribution in [0, 0.1) is 12.7 Å². The minimum atomic E-state index is -0.899. The quantitative estimate of drug-likeness (QED) is 0.0275. The molecular weight excluding hydrogens is 1980 g/mol. The fourth-order valence-corrected chi connectivity index (χ4v) is 20.4. The zero-order chi connectivity index (χ0) is 98.8. The number of fused-ring (bicyclic) bond motifs is 13. The van der Waals surface area contributed by atoms with Crippen LogP contribution in [0.2, 0.25) is 5.02 Å². The van der Waals surface area contributed by atoms with Gasteiger partial charge in [-0.2, -0.15) is 0 Å². The van der Waals surface area contributed by atoms with Gasteiger partial charge in [0, 0.05) is 87.3 Å². The van der Waals surface area contributed by atoms with Crippen LogP contribution in [-0.2, 0) is 32.7 Å². The predicted molar refractivity (Wildman–Crippen MR) is 544 cm³/mol. The van der Waals surface area contributed by atoms with Gasteiger partial charge in [0.05, 0.1) is 61.1 Å². The lowest BCUT2D eigenvalue weighted by molar-refractivity contribution is 0.174. The van der Waals surface area contributed by atoms with Crippen LogP contribution >= 0.6 is 74.6 Å².